The molecule has 5 nitrogen and oxygen atoms in total. The number of nitrogens with zero attached hydrogens (tertiary/aromatic N) is 1. The minimum absolute atomic E-state index is 0.0980. The Morgan fingerprint density at radius 1 is 1.26 bits per heavy atom. The molecule has 0 aromatic heterocycles. The molecule has 124 valence electrons. The molecule has 0 spiro atoms. The highest BCUT2D eigenvalue weighted by Crippen LogP contribution is 2.28. The molecule has 0 amide bonds. The minimum atomic E-state index is -3.85. The molecule has 6 heteroatoms. The van der Waals surface area contributed by atoms with Crippen molar-refractivity contribution in [2.45, 2.75) is 31.2 Å². The van der Waals surface area contributed by atoms with E-state index in [1.54, 1.807) is 18.2 Å². The summed E-state index contributed by atoms with van der Waals surface area (Å²) in [6.45, 7) is 5.78. The molecule has 23 heavy (non-hydrogen) atoms. The number of benzene rings is 1. The summed E-state index contributed by atoms with van der Waals surface area (Å²) in [7, 11) is -1.98. The Bertz CT molecular complexity index is 761. The molecule has 1 aliphatic rings. The van der Waals surface area contributed by atoms with Crippen molar-refractivity contribution < 1.29 is 17.9 Å². The van der Waals surface area contributed by atoms with E-state index in [2.05, 4.69) is 0 Å². The monoisotopic (exact) mass is 335 g/mol. The van der Waals surface area contributed by atoms with Gasteiger partial charge in [-0.2, -0.15) is 0 Å². The van der Waals surface area contributed by atoms with Crippen LogP contribution in [-0.2, 0) is 19.4 Å². The fraction of sp³-hybridized carbons (Fsp3) is 0.353. The fourth-order valence-corrected chi connectivity index (χ4v) is 3.57. The van der Waals surface area contributed by atoms with E-state index in [4.69, 9.17) is 4.74 Å². The molecule has 1 aromatic carbocycles. The van der Waals surface area contributed by atoms with Crippen LogP contribution in [0.4, 0.5) is 0 Å². The third-order valence-electron chi connectivity index (χ3n) is 3.88. The molecule has 1 saturated heterocycles. The number of hydrogen-bond acceptors (Lipinski definition) is 5. The average molecular weight is 335 g/mol. The Morgan fingerprint density at radius 3 is 2.35 bits per heavy atom. The van der Waals surface area contributed by atoms with Gasteiger partial charge in [0.1, 0.15) is 11.5 Å². The first-order chi connectivity index (χ1) is 10.7. The maximum Gasteiger partial charge on any atom is 0.210 e. The highest BCUT2D eigenvalue weighted by molar-refractivity contribution is 7.96. The molecule has 0 aliphatic carbocycles. The van der Waals surface area contributed by atoms with E-state index in [0.717, 1.165) is 0 Å². The van der Waals surface area contributed by atoms with Crippen LogP contribution in [0.3, 0.4) is 0 Å². The van der Waals surface area contributed by atoms with Gasteiger partial charge in [-0.1, -0.05) is 18.2 Å². The first kappa shape index (κ1) is 17.3. The van der Waals surface area contributed by atoms with Crippen LogP contribution in [0, 0.1) is 0 Å². The van der Waals surface area contributed by atoms with E-state index in [9.17, 15) is 13.2 Å². The largest absolute Gasteiger partial charge is 0.477 e. The summed E-state index contributed by atoms with van der Waals surface area (Å²) in [4.78, 5) is 13.6. The van der Waals surface area contributed by atoms with Crippen molar-refractivity contribution in [3.8, 4) is 0 Å². The molecule has 1 aliphatic heterocycles. The van der Waals surface area contributed by atoms with E-state index < -0.39 is 15.6 Å². The number of rotatable bonds is 4. The minimum Gasteiger partial charge on any atom is -0.477 e. The van der Waals surface area contributed by atoms with Crippen LogP contribution in [0.5, 0.6) is 0 Å². The van der Waals surface area contributed by atoms with Crippen molar-refractivity contribution in [1.82, 2.24) is 4.90 Å². The summed E-state index contributed by atoms with van der Waals surface area (Å²) in [6, 6.07) is 7.92. The van der Waals surface area contributed by atoms with Gasteiger partial charge < -0.3 is 9.64 Å². The van der Waals surface area contributed by atoms with Gasteiger partial charge in [-0.25, -0.2) is 8.42 Å². The van der Waals surface area contributed by atoms with Crippen LogP contribution >= 0.6 is 0 Å². The van der Waals surface area contributed by atoms with Crippen LogP contribution in [0.1, 0.15) is 20.8 Å². The maximum absolute atomic E-state index is 12.6. The van der Waals surface area contributed by atoms with Gasteiger partial charge in [-0.05, 0) is 45.1 Å². The van der Waals surface area contributed by atoms with Crippen LogP contribution in [0.2, 0.25) is 0 Å². The number of hydrogen-bond donors (Lipinski definition) is 0. The second-order valence-corrected chi connectivity index (χ2v) is 7.99. The van der Waals surface area contributed by atoms with Gasteiger partial charge in [0, 0.05) is 7.05 Å². The molecule has 0 radical (unpaired) electrons. The zero-order chi connectivity index (χ0) is 17.3. The number of Topliss-reactive ketones (excluding diaryl/α,β-unsaturated/α-hetero) is 1. The van der Waals surface area contributed by atoms with Gasteiger partial charge in [0.2, 0.25) is 9.84 Å². The number of carbonyl (C=O) groups excluding carboxylic acids is 1. The number of likely N-dealkylation sites (N-methyl/N-ethyl adjacent to an activating group) is 1. The van der Waals surface area contributed by atoms with Gasteiger partial charge in [0.15, 0.2) is 11.7 Å². The molecule has 1 heterocycles. The molecule has 1 fully saturated rings. The first-order valence-corrected chi connectivity index (χ1v) is 8.74. The summed E-state index contributed by atoms with van der Waals surface area (Å²) in [5, 5.41) is 0. The fourth-order valence-electron chi connectivity index (χ4n) is 2.17. The Balaban J connectivity index is 2.43. The maximum atomic E-state index is 12.6. The SMILES string of the molecule is CC(=O)/C(=C/C=C1/OCC(C)(C)N1C)S(=O)(=O)c1ccccc1. The number of ether oxygens (including phenoxy) is 1. The van der Waals surface area contributed by atoms with Crippen LogP contribution in [0.25, 0.3) is 0 Å². The van der Waals surface area contributed by atoms with E-state index in [1.165, 1.54) is 31.2 Å². The highest BCUT2D eigenvalue weighted by atomic mass is 32.2. The predicted octanol–water partition coefficient (Wildman–Crippen LogP) is 2.52. The molecule has 0 N–H and O–H groups in total. The second kappa shape index (κ2) is 6.20. The Kier molecular flexibility index (Phi) is 4.66. The molecule has 2 rings (SSSR count). The van der Waals surface area contributed by atoms with E-state index in [1.807, 2.05) is 25.8 Å². The van der Waals surface area contributed by atoms with Crippen molar-refractivity contribution in [2.24, 2.45) is 0 Å². The molecule has 0 bridgehead atoms. The normalized spacial score (nSPS) is 19.7. The van der Waals surface area contributed by atoms with Crippen molar-refractivity contribution in [3.63, 3.8) is 0 Å². The zero-order valence-electron chi connectivity index (χ0n) is 13.7. The lowest BCUT2D eigenvalue weighted by Crippen LogP contribution is -2.36. The van der Waals surface area contributed by atoms with E-state index >= 15 is 0 Å². The van der Waals surface area contributed by atoms with Crippen molar-refractivity contribution >= 4 is 15.6 Å². The Morgan fingerprint density at radius 2 is 1.87 bits per heavy atom. The lowest BCUT2D eigenvalue weighted by molar-refractivity contribution is -0.113. The predicted molar refractivity (Wildman–Crippen MR) is 88.3 cm³/mol. The van der Waals surface area contributed by atoms with Gasteiger partial charge in [0.25, 0.3) is 0 Å². The number of allylic oxidation sites excluding steroid dienone is 3. The summed E-state index contributed by atoms with van der Waals surface area (Å²) in [5.74, 6) is 0.0302. The number of ketones is 1. The average Bonchev–Trinajstić information content (AvgIpc) is 2.74. The standard InChI is InChI=1S/C17H21NO4S/c1-13(19)15(23(20,21)14-8-6-5-7-9-14)10-11-16-18(4)17(2,3)12-22-16/h5-11H,12H2,1-4H3/b15-10-,16-11+. The lowest BCUT2D eigenvalue weighted by atomic mass is 10.1. The quantitative estimate of drug-likeness (QED) is 0.791. The Labute approximate surface area is 137 Å². The Hall–Kier alpha value is -2.08. The highest BCUT2D eigenvalue weighted by Gasteiger charge is 2.33. The molecular formula is C17H21NO4S. The molecule has 0 unspecified atom stereocenters. The number of carbonyl (C=O) groups is 1. The lowest BCUT2D eigenvalue weighted by Gasteiger charge is -2.25. The summed E-state index contributed by atoms with van der Waals surface area (Å²) >= 11 is 0. The molecule has 1 aromatic rings. The van der Waals surface area contributed by atoms with Gasteiger partial charge in [-0.15, -0.1) is 0 Å². The molecule has 0 atom stereocenters. The van der Waals surface area contributed by atoms with Gasteiger partial charge in [0.05, 0.1) is 10.4 Å². The van der Waals surface area contributed by atoms with Crippen LogP contribution < -0.4 is 0 Å². The van der Waals surface area contributed by atoms with Crippen LogP contribution in [0.15, 0.2) is 58.2 Å². The third-order valence-corrected chi connectivity index (χ3v) is 5.77. The summed E-state index contributed by atoms with van der Waals surface area (Å²) in [5.41, 5.74) is -0.172. The zero-order valence-corrected chi connectivity index (χ0v) is 14.6. The van der Waals surface area contributed by atoms with Crippen molar-refractivity contribution in [3.05, 3.63) is 53.3 Å². The second-order valence-electron chi connectivity index (χ2n) is 6.07. The van der Waals surface area contributed by atoms with E-state index in [0.29, 0.717) is 12.5 Å². The first-order valence-electron chi connectivity index (χ1n) is 7.26. The molecule has 0 saturated carbocycles. The smallest absolute Gasteiger partial charge is 0.210 e. The summed E-state index contributed by atoms with van der Waals surface area (Å²) in [6.07, 6.45) is 2.85. The number of sulfone groups is 1. The van der Waals surface area contributed by atoms with Crippen molar-refractivity contribution in [1.29, 1.82) is 0 Å². The summed E-state index contributed by atoms with van der Waals surface area (Å²) < 4.78 is 30.8. The van der Waals surface area contributed by atoms with Gasteiger partial charge in [-0.3, -0.25) is 4.79 Å². The van der Waals surface area contributed by atoms with Gasteiger partial charge >= 0.3 is 0 Å². The van der Waals surface area contributed by atoms with Crippen LogP contribution in [-0.4, -0.2) is 38.3 Å². The van der Waals surface area contributed by atoms with Crippen molar-refractivity contribution in [2.75, 3.05) is 13.7 Å². The topological polar surface area (TPSA) is 63.7 Å². The molecular weight excluding hydrogens is 314 g/mol. The van der Waals surface area contributed by atoms with E-state index in [-0.39, 0.29) is 15.3 Å². The third kappa shape index (κ3) is 3.47.